The largest absolute Gasteiger partial charge is 0.318 e. The Labute approximate surface area is 148 Å². The zero-order valence-corrected chi connectivity index (χ0v) is 15.5. The standard InChI is InChI=1S/C20H25N3O2/c1-6-20(2,3)12-22(4)21-16-11-10-15-17-13(16)8-7-9-14(17)18(24)23(5)19(15)25/h7-11,21H,6,12H2,1-5H3. The highest BCUT2D eigenvalue weighted by atomic mass is 16.2. The van der Waals surface area contributed by atoms with Gasteiger partial charge in [0.1, 0.15) is 0 Å². The maximum atomic E-state index is 12.4. The minimum Gasteiger partial charge on any atom is -0.318 e. The van der Waals surface area contributed by atoms with Crippen molar-refractivity contribution < 1.29 is 9.59 Å². The van der Waals surface area contributed by atoms with E-state index in [9.17, 15) is 9.59 Å². The van der Waals surface area contributed by atoms with E-state index in [1.807, 2.05) is 25.2 Å². The molecule has 0 spiro atoms. The summed E-state index contributed by atoms with van der Waals surface area (Å²) in [6, 6.07) is 9.32. The molecule has 0 saturated carbocycles. The van der Waals surface area contributed by atoms with Crippen molar-refractivity contribution in [2.24, 2.45) is 5.41 Å². The molecule has 2 aromatic rings. The van der Waals surface area contributed by atoms with Gasteiger partial charge in [-0.15, -0.1) is 0 Å². The van der Waals surface area contributed by atoms with E-state index < -0.39 is 0 Å². The first-order valence-corrected chi connectivity index (χ1v) is 8.61. The zero-order chi connectivity index (χ0) is 18.4. The van der Waals surface area contributed by atoms with Gasteiger partial charge in [0.25, 0.3) is 11.8 Å². The third-order valence-electron chi connectivity index (χ3n) is 5.04. The predicted molar refractivity (Wildman–Crippen MR) is 101 cm³/mol. The van der Waals surface area contributed by atoms with E-state index in [0.717, 1.165) is 29.4 Å². The van der Waals surface area contributed by atoms with Crippen LogP contribution in [0, 0.1) is 5.41 Å². The summed E-state index contributed by atoms with van der Waals surface area (Å²) in [6.07, 6.45) is 1.08. The number of benzene rings is 2. The Morgan fingerprint density at radius 3 is 2.36 bits per heavy atom. The fourth-order valence-electron chi connectivity index (χ4n) is 3.31. The summed E-state index contributed by atoms with van der Waals surface area (Å²) < 4.78 is 0. The van der Waals surface area contributed by atoms with E-state index in [4.69, 9.17) is 0 Å². The molecule has 3 rings (SSSR count). The number of nitrogens with zero attached hydrogens (tertiary/aromatic N) is 2. The number of carbonyl (C=O) groups is 2. The van der Waals surface area contributed by atoms with Crippen molar-refractivity contribution in [3.05, 3.63) is 41.5 Å². The van der Waals surface area contributed by atoms with Crippen LogP contribution in [0.15, 0.2) is 30.3 Å². The van der Waals surface area contributed by atoms with Crippen molar-refractivity contribution in [1.82, 2.24) is 9.91 Å². The summed E-state index contributed by atoms with van der Waals surface area (Å²) in [4.78, 5) is 26.1. The van der Waals surface area contributed by atoms with E-state index in [0.29, 0.717) is 11.1 Å². The van der Waals surface area contributed by atoms with Gasteiger partial charge in [0.05, 0.1) is 5.69 Å². The van der Waals surface area contributed by atoms with Crippen LogP contribution in [0.4, 0.5) is 5.69 Å². The smallest absolute Gasteiger partial charge is 0.261 e. The summed E-state index contributed by atoms with van der Waals surface area (Å²) in [7, 11) is 3.54. The maximum absolute atomic E-state index is 12.4. The highest BCUT2D eigenvalue weighted by Crippen LogP contribution is 2.34. The molecular formula is C20H25N3O2. The van der Waals surface area contributed by atoms with Crippen LogP contribution in [0.1, 0.15) is 47.9 Å². The number of hydrazine groups is 1. The second-order valence-electron chi connectivity index (χ2n) is 7.54. The normalized spacial score (nSPS) is 14.6. The van der Waals surface area contributed by atoms with E-state index in [-0.39, 0.29) is 17.2 Å². The van der Waals surface area contributed by atoms with Crippen LogP contribution in [0.3, 0.4) is 0 Å². The highest BCUT2D eigenvalue weighted by Gasteiger charge is 2.30. The lowest BCUT2D eigenvalue weighted by atomic mass is 9.90. The Morgan fingerprint density at radius 2 is 1.72 bits per heavy atom. The van der Waals surface area contributed by atoms with E-state index >= 15 is 0 Å². The molecule has 0 bridgehead atoms. The number of imide groups is 1. The van der Waals surface area contributed by atoms with Crippen LogP contribution in [-0.4, -0.2) is 42.4 Å². The van der Waals surface area contributed by atoms with Gasteiger partial charge >= 0.3 is 0 Å². The number of amides is 2. The molecule has 0 unspecified atom stereocenters. The van der Waals surface area contributed by atoms with Gasteiger partial charge in [-0.05, 0) is 30.0 Å². The van der Waals surface area contributed by atoms with Gasteiger partial charge in [0.15, 0.2) is 0 Å². The third kappa shape index (κ3) is 3.00. The molecule has 132 valence electrons. The predicted octanol–water partition coefficient (Wildman–Crippen LogP) is 3.76. The molecule has 0 saturated heterocycles. The maximum Gasteiger partial charge on any atom is 0.261 e. The second kappa shape index (κ2) is 6.15. The molecule has 25 heavy (non-hydrogen) atoms. The van der Waals surface area contributed by atoms with Crippen LogP contribution in [0.5, 0.6) is 0 Å². The third-order valence-corrected chi connectivity index (χ3v) is 5.04. The van der Waals surface area contributed by atoms with Crippen molar-refractivity contribution in [2.45, 2.75) is 27.2 Å². The van der Waals surface area contributed by atoms with E-state index in [1.54, 1.807) is 12.1 Å². The second-order valence-corrected chi connectivity index (χ2v) is 7.54. The van der Waals surface area contributed by atoms with E-state index in [1.165, 1.54) is 11.9 Å². The van der Waals surface area contributed by atoms with Gasteiger partial charge in [-0.1, -0.05) is 32.9 Å². The molecule has 5 heteroatoms. The molecule has 1 heterocycles. The summed E-state index contributed by atoms with van der Waals surface area (Å²) >= 11 is 0. The summed E-state index contributed by atoms with van der Waals surface area (Å²) in [5.74, 6) is -0.499. The fraction of sp³-hybridized carbons (Fsp3) is 0.400. The first-order chi connectivity index (χ1) is 11.7. The van der Waals surface area contributed by atoms with Gasteiger partial charge < -0.3 is 5.43 Å². The molecule has 5 nitrogen and oxygen atoms in total. The van der Waals surface area contributed by atoms with Crippen molar-refractivity contribution >= 4 is 28.3 Å². The Hall–Kier alpha value is -2.40. The minimum absolute atomic E-state index is 0.197. The van der Waals surface area contributed by atoms with Crippen molar-refractivity contribution in [3.63, 3.8) is 0 Å². The first kappa shape index (κ1) is 17.4. The first-order valence-electron chi connectivity index (χ1n) is 8.61. The molecule has 1 aliphatic heterocycles. The van der Waals surface area contributed by atoms with Crippen molar-refractivity contribution in [3.8, 4) is 0 Å². The number of hydrogen-bond acceptors (Lipinski definition) is 4. The Bertz CT molecular complexity index is 835. The molecule has 2 amide bonds. The monoisotopic (exact) mass is 339 g/mol. The van der Waals surface area contributed by atoms with Crippen molar-refractivity contribution in [1.29, 1.82) is 0 Å². The SMILES string of the molecule is CCC(C)(C)CN(C)Nc1ccc2c3c(cccc13)C(=O)N(C)C2=O. The molecule has 1 aliphatic rings. The summed E-state index contributed by atoms with van der Waals surface area (Å²) in [6.45, 7) is 7.53. The fourth-order valence-corrected chi connectivity index (χ4v) is 3.31. The van der Waals surface area contributed by atoms with Gasteiger partial charge in [0.2, 0.25) is 0 Å². The number of anilines is 1. The van der Waals surface area contributed by atoms with Crippen LogP contribution < -0.4 is 5.43 Å². The van der Waals surface area contributed by atoms with Gasteiger partial charge in [-0.25, -0.2) is 5.01 Å². The van der Waals surface area contributed by atoms with Crippen LogP contribution in [0.25, 0.3) is 10.8 Å². The average Bonchev–Trinajstić information content (AvgIpc) is 2.58. The molecule has 0 radical (unpaired) electrons. The summed E-state index contributed by atoms with van der Waals surface area (Å²) in [5.41, 5.74) is 5.67. The van der Waals surface area contributed by atoms with Crippen molar-refractivity contribution in [2.75, 3.05) is 26.1 Å². The molecule has 0 aromatic heterocycles. The number of carbonyl (C=O) groups excluding carboxylic acids is 2. The van der Waals surface area contributed by atoms with Gasteiger partial charge in [-0.2, -0.15) is 0 Å². The van der Waals surface area contributed by atoms with Crippen LogP contribution in [-0.2, 0) is 0 Å². The van der Waals surface area contributed by atoms with Crippen LogP contribution in [0.2, 0.25) is 0 Å². The molecule has 0 fully saturated rings. The molecule has 0 atom stereocenters. The number of hydrogen-bond donors (Lipinski definition) is 1. The number of rotatable bonds is 5. The average molecular weight is 339 g/mol. The molecule has 1 N–H and O–H groups in total. The lowest BCUT2D eigenvalue weighted by Gasteiger charge is -2.31. The van der Waals surface area contributed by atoms with Crippen LogP contribution >= 0.6 is 0 Å². The minimum atomic E-state index is -0.249. The van der Waals surface area contributed by atoms with Gasteiger partial charge in [0, 0.05) is 42.5 Å². The lowest BCUT2D eigenvalue weighted by molar-refractivity contribution is 0.0651. The zero-order valence-electron chi connectivity index (χ0n) is 15.5. The Morgan fingerprint density at radius 1 is 1.08 bits per heavy atom. The quantitative estimate of drug-likeness (QED) is 0.666. The molecule has 0 aliphatic carbocycles. The van der Waals surface area contributed by atoms with E-state index in [2.05, 4.69) is 31.2 Å². The van der Waals surface area contributed by atoms with Gasteiger partial charge in [-0.3, -0.25) is 14.5 Å². The highest BCUT2D eigenvalue weighted by molar-refractivity contribution is 6.26. The molecule has 2 aromatic carbocycles. The Kier molecular flexibility index (Phi) is 4.29. The number of nitrogens with one attached hydrogen (secondary N) is 1. The molecular weight excluding hydrogens is 314 g/mol. The lowest BCUT2D eigenvalue weighted by Crippen LogP contribution is -2.37. The summed E-state index contributed by atoms with van der Waals surface area (Å²) in [5, 5.41) is 3.70. The topological polar surface area (TPSA) is 52.7 Å². The Balaban J connectivity index is 2.04.